The molecule has 6 nitrogen and oxygen atoms in total. The fourth-order valence-electron chi connectivity index (χ4n) is 2.58. The summed E-state index contributed by atoms with van der Waals surface area (Å²) in [6, 6.07) is 8.60. The molecule has 2 aromatic rings. The summed E-state index contributed by atoms with van der Waals surface area (Å²) in [6.07, 6.45) is 1.39. The van der Waals surface area contributed by atoms with E-state index in [-0.39, 0.29) is 10.7 Å². The molecule has 0 saturated heterocycles. The first-order chi connectivity index (χ1) is 12.8. The van der Waals surface area contributed by atoms with Crippen LogP contribution in [0.3, 0.4) is 0 Å². The van der Waals surface area contributed by atoms with Crippen LogP contribution < -0.4 is 4.74 Å². The topological polar surface area (TPSA) is 76.6 Å². The molecule has 0 unspecified atom stereocenters. The predicted molar refractivity (Wildman–Crippen MR) is 107 cm³/mol. The van der Waals surface area contributed by atoms with Gasteiger partial charge in [0, 0.05) is 36.2 Å². The number of sulfonamides is 1. The Kier molecular flexibility index (Phi) is 7.41. The van der Waals surface area contributed by atoms with E-state index < -0.39 is 10.0 Å². The molecule has 0 N–H and O–H groups in total. The lowest BCUT2D eigenvalue weighted by atomic mass is 10.1. The first kappa shape index (κ1) is 21.4. The molecular weight excluding hydrogens is 384 g/mol. The van der Waals surface area contributed by atoms with Crippen LogP contribution in [-0.4, -0.2) is 43.7 Å². The van der Waals surface area contributed by atoms with E-state index >= 15 is 0 Å². The minimum Gasteiger partial charge on any atom is -0.496 e. The number of pyridine rings is 1. The van der Waals surface area contributed by atoms with E-state index in [1.165, 1.54) is 29.2 Å². The summed E-state index contributed by atoms with van der Waals surface area (Å²) in [5, 5.41) is 0.698. The number of Topliss-reactive ketones (excluding diaryl/α,β-unsaturated/α-hetero) is 1. The largest absolute Gasteiger partial charge is 0.496 e. The molecule has 0 spiro atoms. The minimum absolute atomic E-state index is 0.00649. The SMILES string of the molecule is CCN(CC)S(=O)(=O)c1ccc(SCc2cc(C(C)=O)ccc2OC)nc1. The summed E-state index contributed by atoms with van der Waals surface area (Å²) >= 11 is 1.45. The highest BCUT2D eigenvalue weighted by molar-refractivity contribution is 7.98. The van der Waals surface area contributed by atoms with Crippen LogP contribution in [0.1, 0.15) is 36.7 Å². The molecular formula is C19H24N2O4S2. The van der Waals surface area contributed by atoms with E-state index in [9.17, 15) is 13.2 Å². The summed E-state index contributed by atoms with van der Waals surface area (Å²) < 4.78 is 31.8. The van der Waals surface area contributed by atoms with Crippen molar-refractivity contribution in [2.75, 3.05) is 20.2 Å². The summed E-state index contributed by atoms with van der Waals surface area (Å²) in [5.41, 5.74) is 1.51. The van der Waals surface area contributed by atoms with Gasteiger partial charge in [-0.05, 0) is 37.3 Å². The summed E-state index contributed by atoms with van der Waals surface area (Å²) in [6.45, 7) is 5.97. The van der Waals surface area contributed by atoms with Gasteiger partial charge in [0.15, 0.2) is 5.78 Å². The van der Waals surface area contributed by atoms with Crippen LogP contribution in [-0.2, 0) is 15.8 Å². The monoisotopic (exact) mass is 408 g/mol. The third kappa shape index (κ3) is 5.09. The molecule has 0 bridgehead atoms. The maximum absolute atomic E-state index is 12.5. The quantitative estimate of drug-likeness (QED) is 0.466. The second-order valence-corrected chi connectivity index (χ2v) is 8.73. The van der Waals surface area contributed by atoms with Crippen LogP contribution in [0.15, 0.2) is 46.5 Å². The van der Waals surface area contributed by atoms with Crippen molar-refractivity contribution >= 4 is 27.6 Å². The minimum atomic E-state index is -3.51. The van der Waals surface area contributed by atoms with E-state index in [0.29, 0.717) is 35.2 Å². The number of methoxy groups -OCH3 is 1. The average molecular weight is 409 g/mol. The molecule has 146 valence electrons. The normalized spacial score (nSPS) is 11.6. The first-order valence-electron chi connectivity index (χ1n) is 8.60. The number of aromatic nitrogens is 1. The van der Waals surface area contributed by atoms with Crippen molar-refractivity contribution in [3.05, 3.63) is 47.7 Å². The van der Waals surface area contributed by atoms with Gasteiger partial charge in [-0.15, -0.1) is 11.8 Å². The van der Waals surface area contributed by atoms with E-state index in [2.05, 4.69) is 4.98 Å². The highest BCUT2D eigenvalue weighted by atomic mass is 32.2. The van der Waals surface area contributed by atoms with Gasteiger partial charge in [-0.1, -0.05) is 13.8 Å². The molecule has 1 heterocycles. The second kappa shape index (κ2) is 9.34. The van der Waals surface area contributed by atoms with Crippen molar-refractivity contribution in [2.45, 2.75) is 36.4 Å². The van der Waals surface area contributed by atoms with Gasteiger partial charge < -0.3 is 4.74 Å². The molecule has 0 saturated carbocycles. The number of hydrogen-bond donors (Lipinski definition) is 0. The predicted octanol–water partition coefficient (Wildman–Crippen LogP) is 3.62. The van der Waals surface area contributed by atoms with Gasteiger partial charge in [0.05, 0.1) is 12.1 Å². The second-order valence-electron chi connectivity index (χ2n) is 5.79. The Morgan fingerprint density at radius 2 is 1.89 bits per heavy atom. The van der Waals surface area contributed by atoms with Crippen molar-refractivity contribution < 1.29 is 17.9 Å². The Labute approximate surface area is 165 Å². The van der Waals surface area contributed by atoms with Crippen molar-refractivity contribution in [1.29, 1.82) is 0 Å². The van der Waals surface area contributed by atoms with E-state index in [1.807, 2.05) is 6.07 Å². The summed E-state index contributed by atoms with van der Waals surface area (Å²) in [4.78, 5) is 16.0. The fourth-order valence-corrected chi connectivity index (χ4v) is 4.80. The Bertz CT molecular complexity index is 892. The lowest BCUT2D eigenvalue weighted by molar-refractivity contribution is 0.101. The number of rotatable bonds is 9. The van der Waals surface area contributed by atoms with Gasteiger partial charge in [0.25, 0.3) is 0 Å². The van der Waals surface area contributed by atoms with Crippen LogP contribution in [0.2, 0.25) is 0 Å². The zero-order valence-corrected chi connectivity index (χ0v) is 17.6. The number of hydrogen-bond acceptors (Lipinski definition) is 6. The van der Waals surface area contributed by atoms with Crippen molar-refractivity contribution in [3.8, 4) is 5.75 Å². The van der Waals surface area contributed by atoms with Gasteiger partial charge in [-0.2, -0.15) is 4.31 Å². The molecule has 0 amide bonds. The van der Waals surface area contributed by atoms with Crippen LogP contribution in [0.5, 0.6) is 5.75 Å². The first-order valence-corrected chi connectivity index (χ1v) is 11.0. The van der Waals surface area contributed by atoms with E-state index in [1.54, 1.807) is 45.2 Å². The van der Waals surface area contributed by atoms with Gasteiger partial charge >= 0.3 is 0 Å². The molecule has 1 aromatic carbocycles. The molecule has 0 fully saturated rings. The molecule has 27 heavy (non-hydrogen) atoms. The Morgan fingerprint density at radius 1 is 1.19 bits per heavy atom. The molecule has 0 aliphatic rings. The van der Waals surface area contributed by atoms with Gasteiger partial charge in [-0.3, -0.25) is 4.79 Å². The zero-order chi connectivity index (χ0) is 20.0. The molecule has 1 aromatic heterocycles. The van der Waals surface area contributed by atoms with Gasteiger partial charge in [0.2, 0.25) is 10.0 Å². The number of ether oxygens (including phenoxy) is 1. The maximum atomic E-state index is 12.5. The molecule has 0 aliphatic heterocycles. The highest BCUT2D eigenvalue weighted by Gasteiger charge is 2.21. The third-order valence-electron chi connectivity index (χ3n) is 4.11. The maximum Gasteiger partial charge on any atom is 0.244 e. The molecule has 0 aliphatic carbocycles. The Morgan fingerprint density at radius 3 is 2.41 bits per heavy atom. The molecule has 2 rings (SSSR count). The van der Waals surface area contributed by atoms with Crippen molar-refractivity contribution in [2.24, 2.45) is 0 Å². The van der Waals surface area contributed by atoms with Crippen LogP contribution in [0, 0.1) is 0 Å². The standard InChI is InChI=1S/C19H24N2O4S2/c1-5-21(6-2)27(23,24)17-8-10-19(20-12-17)26-13-16-11-15(14(3)22)7-9-18(16)25-4/h7-12H,5-6,13H2,1-4H3. The molecule has 0 atom stereocenters. The van der Waals surface area contributed by atoms with Gasteiger partial charge in [0.1, 0.15) is 10.6 Å². The van der Waals surface area contributed by atoms with Crippen LogP contribution in [0.25, 0.3) is 0 Å². The highest BCUT2D eigenvalue weighted by Crippen LogP contribution is 2.28. The number of thioether (sulfide) groups is 1. The number of benzene rings is 1. The average Bonchev–Trinajstić information content (AvgIpc) is 2.67. The number of nitrogens with zero attached hydrogens (tertiary/aromatic N) is 2. The lowest BCUT2D eigenvalue weighted by Crippen LogP contribution is -2.30. The molecule has 0 radical (unpaired) electrons. The number of carbonyl (C=O) groups is 1. The Balaban J connectivity index is 2.16. The summed E-state index contributed by atoms with van der Waals surface area (Å²) in [5.74, 6) is 1.25. The Hall–Kier alpha value is -1.90. The van der Waals surface area contributed by atoms with Gasteiger partial charge in [-0.25, -0.2) is 13.4 Å². The summed E-state index contributed by atoms with van der Waals surface area (Å²) in [7, 11) is -1.92. The fraction of sp³-hybridized carbons (Fsp3) is 0.368. The smallest absolute Gasteiger partial charge is 0.244 e. The van der Waals surface area contributed by atoms with Crippen molar-refractivity contribution in [3.63, 3.8) is 0 Å². The van der Waals surface area contributed by atoms with Crippen LogP contribution >= 0.6 is 11.8 Å². The molecule has 8 heteroatoms. The third-order valence-corrected chi connectivity index (χ3v) is 7.14. The van der Waals surface area contributed by atoms with Crippen LogP contribution in [0.4, 0.5) is 0 Å². The number of ketones is 1. The number of carbonyl (C=O) groups excluding carboxylic acids is 1. The van der Waals surface area contributed by atoms with E-state index in [0.717, 1.165) is 5.56 Å². The zero-order valence-electron chi connectivity index (χ0n) is 15.9. The van der Waals surface area contributed by atoms with Crippen molar-refractivity contribution in [1.82, 2.24) is 9.29 Å². The van der Waals surface area contributed by atoms with E-state index in [4.69, 9.17) is 4.74 Å². The lowest BCUT2D eigenvalue weighted by Gasteiger charge is -2.18.